The molecule has 2 unspecified atom stereocenters. The maximum absolute atomic E-state index is 12.5. The third-order valence-corrected chi connectivity index (χ3v) is 4.72. The molecule has 140 valence electrons. The van der Waals surface area contributed by atoms with Gasteiger partial charge in [0.1, 0.15) is 11.5 Å². The van der Waals surface area contributed by atoms with Crippen LogP contribution in [0.2, 0.25) is 0 Å². The van der Waals surface area contributed by atoms with Gasteiger partial charge in [-0.05, 0) is 43.7 Å². The van der Waals surface area contributed by atoms with E-state index in [0.29, 0.717) is 30.2 Å². The largest absolute Gasteiger partial charge is 0.497 e. The van der Waals surface area contributed by atoms with Crippen LogP contribution in [0.3, 0.4) is 0 Å². The van der Waals surface area contributed by atoms with Crippen LogP contribution in [0.15, 0.2) is 18.2 Å². The molecule has 2 aliphatic rings. The number of hydrogen-bond donors (Lipinski definition) is 2. The number of benzene rings is 1. The number of alkyl halides is 2. The van der Waals surface area contributed by atoms with Gasteiger partial charge in [-0.2, -0.15) is 8.78 Å². The van der Waals surface area contributed by atoms with Gasteiger partial charge in [-0.3, -0.25) is 4.79 Å². The number of carbonyl (C=O) groups is 1. The van der Waals surface area contributed by atoms with E-state index in [1.807, 2.05) is 0 Å². The van der Waals surface area contributed by atoms with Gasteiger partial charge in [0.05, 0.1) is 12.8 Å². The summed E-state index contributed by atoms with van der Waals surface area (Å²) in [7, 11) is 1.47. The quantitative estimate of drug-likeness (QED) is 0.796. The Morgan fingerprint density at radius 1 is 1.32 bits per heavy atom. The van der Waals surface area contributed by atoms with Gasteiger partial charge in [0.15, 0.2) is 0 Å². The zero-order chi connectivity index (χ0) is 17.1. The lowest BCUT2D eigenvalue weighted by Gasteiger charge is -2.28. The second-order valence-corrected chi connectivity index (χ2v) is 6.47. The average Bonchev–Trinajstić information content (AvgIpc) is 2.87. The fraction of sp³-hybridized carbons (Fsp3) is 0.588. The predicted octanol–water partition coefficient (Wildman–Crippen LogP) is 3.58. The Kier molecular flexibility index (Phi) is 6.84. The highest BCUT2D eigenvalue weighted by atomic mass is 35.5. The second-order valence-electron chi connectivity index (χ2n) is 6.47. The Balaban J connectivity index is 0.00000225. The molecule has 2 bridgehead atoms. The molecule has 2 saturated heterocycles. The number of nitrogens with one attached hydrogen (secondary N) is 2. The Morgan fingerprint density at radius 2 is 2.00 bits per heavy atom. The summed E-state index contributed by atoms with van der Waals surface area (Å²) in [6.45, 7) is -2.95. The molecule has 1 aromatic carbocycles. The number of methoxy groups -OCH3 is 1. The van der Waals surface area contributed by atoms with Crippen molar-refractivity contribution in [3.8, 4) is 11.5 Å². The summed E-state index contributed by atoms with van der Waals surface area (Å²) in [6, 6.07) is 5.39. The molecule has 25 heavy (non-hydrogen) atoms. The first-order chi connectivity index (χ1) is 11.5. The van der Waals surface area contributed by atoms with Crippen LogP contribution in [0, 0.1) is 5.92 Å². The van der Waals surface area contributed by atoms with Crippen molar-refractivity contribution in [2.24, 2.45) is 5.92 Å². The lowest BCUT2D eigenvalue weighted by atomic mass is 9.89. The summed E-state index contributed by atoms with van der Waals surface area (Å²) in [6.07, 6.45) is 4.71. The smallest absolute Gasteiger partial charge is 0.387 e. The van der Waals surface area contributed by atoms with E-state index >= 15 is 0 Å². The minimum absolute atomic E-state index is 0. The van der Waals surface area contributed by atoms with Crippen molar-refractivity contribution in [3.63, 3.8) is 0 Å². The molecule has 2 heterocycles. The van der Waals surface area contributed by atoms with Crippen molar-refractivity contribution >= 4 is 24.0 Å². The third-order valence-electron chi connectivity index (χ3n) is 4.72. The lowest BCUT2D eigenvalue weighted by molar-refractivity contribution is -0.117. The van der Waals surface area contributed by atoms with E-state index in [2.05, 4.69) is 15.4 Å². The average molecular weight is 377 g/mol. The fourth-order valence-electron chi connectivity index (χ4n) is 3.74. The van der Waals surface area contributed by atoms with Gasteiger partial charge in [0, 0.05) is 24.6 Å². The molecule has 0 spiro atoms. The van der Waals surface area contributed by atoms with Crippen LogP contribution in [-0.2, 0) is 4.79 Å². The topological polar surface area (TPSA) is 59.6 Å². The van der Waals surface area contributed by atoms with Crippen LogP contribution in [0.4, 0.5) is 14.5 Å². The molecule has 2 atom stereocenters. The Morgan fingerprint density at radius 3 is 2.60 bits per heavy atom. The van der Waals surface area contributed by atoms with E-state index in [1.54, 1.807) is 0 Å². The highest BCUT2D eigenvalue weighted by Gasteiger charge is 2.34. The molecule has 2 aliphatic heterocycles. The van der Waals surface area contributed by atoms with Gasteiger partial charge in [-0.15, -0.1) is 12.4 Å². The van der Waals surface area contributed by atoms with Crippen molar-refractivity contribution in [2.75, 3.05) is 12.4 Å². The molecular weight excluding hydrogens is 354 g/mol. The molecule has 3 rings (SSSR count). The number of carbonyl (C=O) groups excluding carboxylic acids is 1. The first kappa shape index (κ1) is 19.7. The highest BCUT2D eigenvalue weighted by molar-refractivity contribution is 5.92. The molecule has 5 nitrogen and oxygen atoms in total. The molecule has 0 aliphatic carbocycles. The first-order valence-corrected chi connectivity index (χ1v) is 8.22. The van der Waals surface area contributed by atoms with Gasteiger partial charge in [0.25, 0.3) is 0 Å². The summed E-state index contributed by atoms with van der Waals surface area (Å²) in [4.78, 5) is 12.3. The van der Waals surface area contributed by atoms with Crippen LogP contribution >= 0.6 is 12.4 Å². The standard InChI is InChI=1S/C17H22F2N2O3.ClH/c1-23-13-4-5-15(24-17(18)19)14(9-13)21-16(22)8-10-6-11-2-3-12(7-10)20-11;/h4-5,9-12,17,20H,2-3,6-8H2,1H3,(H,21,22);1H. The lowest BCUT2D eigenvalue weighted by Crippen LogP contribution is -2.39. The van der Waals surface area contributed by atoms with Crippen molar-refractivity contribution < 1.29 is 23.0 Å². The van der Waals surface area contributed by atoms with Crippen LogP contribution in [0.25, 0.3) is 0 Å². The van der Waals surface area contributed by atoms with E-state index in [4.69, 9.17) is 4.74 Å². The summed E-state index contributed by atoms with van der Waals surface area (Å²) in [5.74, 6) is 0.541. The van der Waals surface area contributed by atoms with Gasteiger partial charge < -0.3 is 20.1 Å². The molecule has 2 fully saturated rings. The first-order valence-electron chi connectivity index (χ1n) is 8.22. The minimum Gasteiger partial charge on any atom is -0.497 e. The van der Waals surface area contributed by atoms with Crippen LogP contribution in [-0.4, -0.2) is 31.7 Å². The normalized spacial score (nSPS) is 24.6. The zero-order valence-corrected chi connectivity index (χ0v) is 14.8. The molecule has 0 radical (unpaired) electrons. The molecular formula is C17H23ClF2N2O3. The van der Waals surface area contributed by atoms with E-state index in [1.165, 1.54) is 38.2 Å². The number of anilines is 1. The van der Waals surface area contributed by atoms with Gasteiger partial charge >= 0.3 is 6.61 Å². The van der Waals surface area contributed by atoms with Crippen molar-refractivity contribution in [1.82, 2.24) is 5.32 Å². The third kappa shape index (κ3) is 5.19. The number of halogens is 3. The Labute approximate surface area is 151 Å². The van der Waals surface area contributed by atoms with Crippen molar-refractivity contribution in [1.29, 1.82) is 0 Å². The van der Waals surface area contributed by atoms with Crippen LogP contribution in [0.5, 0.6) is 11.5 Å². The summed E-state index contributed by atoms with van der Waals surface area (Å²) in [5.41, 5.74) is 0.205. The maximum atomic E-state index is 12.5. The molecule has 0 saturated carbocycles. The Bertz CT molecular complexity index is 591. The van der Waals surface area contributed by atoms with E-state index in [9.17, 15) is 13.6 Å². The molecule has 1 aromatic rings. The molecule has 2 N–H and O–H groups in total. The number of amides is 1. The Hall–Kier alpha value is -1.60. The monoisotopic (exact) mass is 376 g/mol. The number of fused-ring (bicyclic) bond motifs is 2. The van der Waals surface area contributed by atoms with Gasteiger partial charge in [0.2, 0.25) is 5.91 Å². The SMILES string of the molecule is COc1ccc(OC(F)F)c(NC(=O)CC2CC3CCC(C2)N3)c1.Cl. The number of hydrogen-bond acceptors (Lipinski definition) is 4. The van der Waals surface area contributed by atoms with Crippen molar-refractivity contribution in [2.45, 2.75) is 50.8 Å². The summed E-state index contributed by atoms with van der Waals surface area (Å²) < 4.78 is 34.6. The summed E-state index contributed by atoms with van der Waals surface area (Å²) >= 11 is 0. The molecule has 8 heteroatoms. The number of ether oxygens (including phenoxy) is 2. The van der Waals surface area contributed by atoms with Crippen LogP contribution < -0.4 is 20.1 Å². The zero-order valence-electron chi connectivity index (χ0n) is 14.0. The van der Waals surface area contributed by atoms with E-state index in [0.717, 1.165) is 12.8 Å². The van der Waals surface area contributed by atoms with Crippen molar-refractivity contribution in [3.05, 3.63) is 18.2 Å². The minimum atomic E-state index is -2.95. The maximum Gasteiger partial charge on any atom is 0.387 e. The van der Waals surface area contributed by atoms with Crippen LogP contribution in [0.1, 0.15) is 32.1 Å². The number of piperidine rings is 1. The van der Waals surface area contributed by atoms with E-state index in [-0.39, 0.29) is 29.8 Å². The summed E-state index contributed by atoms with van der Waals surface area (Å²) in [5, 5.41) is 6.23. The van der Waals surface area contributed by atoms with E-state index < -0.39 is 6.61 Å². The molecule has 1 amide bonds. The predicted molar refractivity (Wildman–Crippen MR) is 92.8 cm³/mol. The molecule has 0 aromatic heterocycles. The van der Waals surface area contributed by atoms with Gasteiger partial charge in [-0.1, -0.05) is 0 Å². The highest BCUT2D eigenvalue weighted by Crippen LogP contribution is 2.34. The number of rotatable bonds is 6. The fourth-order valence-corrected chi connectivity index (χ4v) is 3.74. The van der Waals surface area contributed by atoms with Gasteiger partial charge in [-0.25, -0.2) is 0 Å². The second kappa shape index (κ2) is 8.67.